The van der Waals surface area contributed by atoms with Crippen LogP contribution in [0.15, 0.2) is 36.5 Å². The number of aromatic nitrogens is 1. The Kier molecular flexibility index (Phi) is 4.58. The van der Waals surface area contributed by atoms with Crippen molar-refractivity contribution in [3.8, 4) is 5.75 Å². The van der Waals surface area contributed by atoms with Crippen molar-refractivity contribution in [2.75, 3.05) is 11.9 Å². The van der Waals surface area contributed by atoms with E-state index in [9.17, 15) is 4.79 Å². The zero-order chi connectivity index (χ0) is 14.5. The quantitative estimate of drug-likeness (QED) is 0.878. The number of carbonyl (C=O) groups is 1. The maximum Gasteiger partial charge on any atom is 0.262 e. The molecule has 1 amide bonds. The summed E-state index contributed by atoms with van der Waals surface area (Å²) in [5, 5.41) is 3.04. The Hall–Kier alpha value is -2.07. The summed E-state index contributed by atoms with van der Waals surface area (Å²) < 4.78 is 5.57. The fourth-order valence-electron chi connectivity index (χ4n) is 1.84. The SMILES string of the molecule is Cc1cccc(C)c1OCC(=O)Nc1ccnc(Cl)c1. The molecule has 0 aliphatic heterocycles. The second-order valence-corrected chi connectivity index (χ2v) is 4.81. The molecule has 1 heterocycles. The van der Waals surface area contributed by atoms with Gasteiger partial charge in [0.05, 0.1) is 0 Å². The molecule has 0 fully saturated rings. The molecule has 1 aromatic carbocycles. The van der Waals surface area contributed by atoms with Crippen LogP contribution in [0.25, 0.3) is 0 Å². The molecular weight excluding hydrogens is 276 g/mol. The number of carbonyl (C=O) groups excluding carboxylic acids is 1. The Morgan fingerprint density at radius 2 is 2.00 bits per heavy atom. The van der Waals surface area contributed by atoms with Crippen molar-refractivity contribution >= 4 is 23.2 Å². The van der Waals surface area contributed by atoms with Crippen LogP contribution >= 0.6 is 11.6 Å². The van der Waals surface area contributed by atoms with Gasteiger partial charge in [-0.1, -0.05) is 29.8 Å². The predicted octanol–water partition coefficient (Wildman–Crippen LogP) is 3.37. The number of pyridine rings is 1. The molecule has 2 aromatic rings. The average Bonchev–Trinajstić information content (AvgIpc) is 2.38. The van der Waals surface area contributed by atoms with Crippen LogP contribution in [-0.2, 0) is 4.79 Å². The zero-order valence-electron chi connectivity index (χ0n) is 11.3. The Balaban J connectivity index is 1.96. The minimum Gasteiger partial charge on any atom is -0.483 e. The summed E-state index contributed by atoms with van der Waals surface area (Å²) in [6.07, 6.45) is 1.53. The van der Waals surface area contributed by atoms with Gasteiger partial charge < -0.3 is 10.1 Å². The van der Waals surface area contributed by atoms with Crippen LogP contribution in [-0.4, -0.2) is 17.5 Å². The highest BCUT2D eigenvalue weighted by Crippen LogP contribution is 2.22. The number of para-hydroxylation sites is 1. The summed E-state index contributed by atoms with van der Waals surface area (Å²) in [5.74, 6) is 0.505. The van der Waals surface area contributed by atoms with Gasteiger partial charge in [-0.3, -0.25) is 4.79 Å². The van der Waals surface area contributed by atoms with Crippen molar-refractivity contribution in [1.82, 2.24) is 4.98 Å². The summed E-state index contributed by atoms with van der Waals surface area (Å²) in [5.41, 5.74) is 2.61. The Labute approximate surface area is 122 Å². The van der Waals surface area contributed by atoms with E-state index >= 15 is 0 Å². The van der Waals surface area contributed by atoms with Crippen LogP contribution in [0.1, 0.15) is 11.1 Å². The summed E-state index contributed by atoms with van der Waals surface area (Å²) in [6.45, 7) is 3.84. The first-order valence-electron chi connectivity index (χ1n) is 6.16. The molecule has 0 spiro atoms. The number of hydrogen-bond acceptors (Lipinski definition) is 3. The summed E-state index contributed by atoms with van der Waals surface area (Å²) >= 11 is 5.75. The minimum atomic E-state index is -0.241. The molecule has 0 aliphatic carbocycles. The van der Waals surface area contributed by atoms with E-state index in [0.29, 0.717) is 10.8 Å². The van der Waals surface area contributed by atoms with E-state index in [4.69, 9.17) is 16.3 Å². The monoisotopic (exact) mass is 290 g/mol. The number of nitrogens with zero attached hydrogens (tertiary/aromatic N) is 1. The van der Waals surface area contributed by atoms with Gasteiger partial charge in [0.15, 0.2) is 6.61 Å². The molecule has 104 valence electrons. The lowest BCUT2D eigenvalue weighted by molar-refractivity contribution is -0.118. The third-order valence-electron chi connectivity index (χ3n) is 2.77. The standard InChI is InChI=1S/C15H15ClN2O2/c1-10-4-3-5-11(2)15(10)20-9-14(19)18-12-6-7-17-13(16)8-12/h3-8H,9H2,1-2H3,(H,17,18,19). The van der Waals surface area contributed by atoms with Gasteiger partial charge in [-0.25, -0.2) is 4.98 Å². The number of halogens is 1. The fraction of sp³-hybridized carbons (Fsp3) is 0.200. The van der Waals surface area contributed by atoms with Crippen molar-refractivity contribution in [3.05, 3.63) is 52.8 Å². The zero-order valence-corrected chi connectivity index (χ0v) is 12.1. The summed E-state index contributed by atoms with van der Waals surface area (Å²) in [4.78, 5) is 15.7. The highest BCUT2D eigenvalue weighted by Gasteiger charge is 2.07. The number of benzene rings is 1. The van der Waals surface area contributed by atoms with Crippen molar-refractivity contribution in [2.45, 2.75) is 13.8 Å². The number of anilines is 1. The molecular formula is C15H15ClN2O2. The molecule has 1 aromatic heterocycles. The van der Waals surface area contributed by atoms with Crippen molar-refractivity contribution in [2.24, 2.45) is 0 Å². The number of ether oxygens (including phenoxy) is 1. The molecule has 0 aliphatic rings. The highest BCUT2D eigenvalue weighted by atomic mass is 35.5. The van der Waals surface area contributed by atoms with Crippen molar-refractivity contribution in [1.29, 1.82) is 0 Å². The van der Waals surface area contributed by atoms with Gasteiger partial charge in [-0.2, -0.15) is 0 Å². The number of nitrogens with one attached hydrogen (secondary N) is 1. The maximum absolute atomic E-state index is 11.8. The highest BCUT2D eigenvalue weighted by molar-refractivity contribution is 6.29. The number of amides is 1. The Morgan fingerprint density at radius 3 is 2.65 bits per heavy atom. The third-order valence-corrected chi connectivity index (χ3v) is 2.97. The van der Waals surface area contributed by atoms with E-state index in [1.165, 1.54) is 6.20 Å². The van der Waals surface area contributed by atoms with Crippen LogP contribution in [0.5, 0.6) is 5.75 Å². The number of aryl methyl sites for hydroxylation is 2. The molecule has 0 unspecified atom stereocenters. The predicted molar refractivity (Wildman–Crippen MR) is 79.3 cm³/mol. The number of hydrogen-bond donors (Lipinski definition) is 1. The summed E-state index contributed by atoms with van der Waals surface area (Å²) in [6, 6.07) is 9.10. The molecule has 20 heavy (non-hydrogen) atoms. The molecule has 2 rings (SSSR count). The van der Waals surface area contributed by atoms with E-state index in [0.717, 1.165) is 16.9 Å². The van der Waals surface area contributed by atoms with Crippen LogP contribution in [0.2, 0.25) is 5.15 Å². The van der Waals surface area contributed by atoms with Gasteiger partial charge in [0.1, 0.15) is 10.9 Å². The first kappa shape index (κ1) is 14.3. The van der Waals surface area contributed by atoms with E-state index in [1.807, 2.05) is 32.0 Å². The maximum atomic E-state index is 11.8. The van der Waals surface area contributed by atoms with Crippen molar-refractivity contribution < 1.29 is 9.53 Å². The van der Waals surface area contributed by atoms with Gasteiger partial charge in [-0.15, -0.1) is 0 Å². The Bertz CT molecular complexity index is 609. The lowest BCUT2D eigenvalue weighted by atomic mass is 10.1. The molecule has 4 nitrogen and oxygen atoms in total. The first-order chi connectivity index (χ1) is 9.56. The van der Waals surface area contributed by atoms with Gasteiger partial charge >= 0.3 is 0 Å². The van der Waals surface area contributed by atoms with Gasteiger partial charge in [-0.05, 0) is 37.1 Å². The molecule has 0 bridgehead atoms. The topological polar surface area (TPSA) is 51.2 Å². The van der Waals surface area contributed by atoms with Crippen molar-refractivity contribution in [3.63, 3.8) is 0 Å². The smallest absolute Gasteiger partial charge is 0.262 e. The minimum absolute atomic E-state index is 0.0500. The Morgan fingerprint density at radius 1 is 1.30 bits per heavy atom. The molecule has 1 N–H and O–H groups in total. The summed E-state index contributed by atoms with van der Waals surface area (Å²) in [7, 11) is 0. The van der Waals surface area contributed by atoms with E-state index in [-0.39, 0.29) is 12.5 Å². The van der Waals surface area contributed by atoms with E-state index in [2.05, 4.69) is 10.3 Å². The molecule has 0 atom stereocenters. The molecule has 0 radical (unpaired) electrons. The second-order valence-electron chi connectivity index (χ2n) is 4.43. The third kappa shape index (κ3) is 3.71. The van der Waals surface area contributed by atoms with Gasteiger partial charge in [0.2, 0.25) is 0 Å². The van der Waals surface area contributed by atoms with E-state index < -0.39 is 0 Å². The van der Waals surface area contributed by atoms with Gasteiger partial charge in [0.25, 0.3) is 5.91 Å². The second kappa shape index (κ2) is 6.39. The van der Waals surface area contributed by atoms with Crippen LogP contribution in [0.4, 0.5) is 5.69 Å². The largest absolute Gasteiger partial charge is 0.483 e. The lowest BCUT2D eigenvalue weighted by Crippen LogP contribution is -2.20. The van der Waals surface area contributed by atoms with Gasteiger partial charge in [0, 0.05) is 11.9 Å². The van der Waals surface area contributed by atoms with Crippen LogP contribution in [0.3, 0.4) is 0 Å². The fourth-order valence-corrected chi connectivity index (χ4v) is 2.02. The van der Waals surface area contributed by atoms with Crippen LogP contribution < -0.4 is 10.1 Å². The average molecular weight is 291 g/mol. The normalized spacial score (nSPS) is 10.2. The number of rotatable bonds is 4. The first-order valence-corrected chi connectivity index (χ1v) is 6.54. The molecule has 0 saturated heterocycles. The van der Waals surface area contributed by atoms with E-state index in [1.54, 1.807) is 12.1 Å². The molecule has 5 heteroatoms. The molecule has 0 saturated carbocycles. The van der Waals surface area contributed by atoms with Crippen LogP contribution in [0, 0.1) is 13.8 Å². The lowest BCUT2D eigenvalue weighted by Gasteiger charge is -2.12.